The lowest BCUT2D eigenvalue weighted by Gasteiger charge is -2.35. The minimum atomic E-state index is -0.127. The van der Waals surface area contributed by atoms with Crippen LogP contribution in [0.15, 0.2) is 60.7 Å². The zero-order valence-electron chi connectivity index (χ0n) is 12.4. The van der Waals surface area contributed by atoms with Crippen LogP contribution in [0.4, 0.5) is 0 Å². The van der Waals surface area contributed by atoms with Crippen molar-refractivity contribution in [3.63, 3.8) is 0 Å². The second kappa shape index (κ2) is 7.20. The summed E-state index contributed by atoms with van der Waals surface area (Å²) in [6.45, 7) is 3.03. The Bertz CT molecular complexity index is 595. The van der Waals surface area contributed by atoms with E-state index in [1.165, 1.54) is 0 Å². The average molecular weight is 296 g/mol. The van der Waals surface area contributed by atoms with Crippen LogP contribution in [0.5, 0.6) is 0 Å². The van der Waals surface area contributed by atoms with Gasteiger partial charge in [-0.2, -0.15) is 0 Å². The quantitative estimate of drug-likeness (QED) is 0.942. The largest absolute Gasteiger partial charge is 0.379 e. The Morgan fingerprint density at radius 2 is 1.55 bits per heavy atom. The van der Waals surface area contributed by atoms with Gasteiger partial charge < -0.3 is 10.1 Å². The van der Waals surface area contributed by atoms with Crippen molar-refractivity contribution in [2.75, 3.05) is 26.3 Å². The number of carbonyl (C=O) groups excluding carboxylic acids is 1. The Kier molecular flexibility index (Phi) is 4.83. The molecule has 1 N–H and O–H groups in total. The topological polar surface area (TPSA) is 41.6 Å². The lowest BCUT2D eigenvalue weighted by Crippen LogP contribution is -2.46. The fourth-order valence-corrected chi connectivity index (χ4v) is 2.65. The van der Waals surface area contributed by atoms with Crippen molar-refractivity contribution in [2.24, 2.45) is 0 Å². The molecule has 2 aromatic carbocycles. The first kappa shape index (κ1) is 14.8. The van der Waals surface area contributed by atoms with Gasteiger partial charge in [0.05, 0.1) is 13.2 Å². The Hall–Kier alpha value is -2.17. The molecule has 3 rings (SSSR count). The van der Waals surface area contributed by atoms with Crippen LogP contribution in [0, 0.1) is 0 Å². The van der Waals surface area contributed by atoms with Gasteiger partial charge in [-0.25, -0.2) is 0 Å². The van der Waals surface area contributed by atoms with Crippen molar-refractivity contribution >= 4 is 5.91 Å². The van der Waals surface area contributed by atoms with Crippen molar-refractivity contribution in [3.8, 4) is 0 Å². The number of rotatable bonds is 4. The Balaban J connectivity index is 1.81. The number of hydrogen-bond acceptors (Lipinski definition) is 3. The van der Waals surface area contributed by atoms with Gasteiger partial charge in [-0.15, -0.1) is 0 Å². The van der Waals surface area contributed by atoms with E-state index < -0.39 is 0 Å². The molecule has 114 valence electrons. The number of nitrogens with one attached hydrogen (secondary N) is 1. The first-order valence-electron chi connectivity index (χ1n) is 7.57. The van der Waals surface area contributed by atoms with Gasteiger partial charge in [-0.1, -0.05) is 48.5 Å². The summed E-state index contributed by atoms with van der Waals surface area (Å²) in [5.41, 5.74) is 1.77. The molecule has 0 bridgehead atoms. The smallest absolute Gasteiger partial charge is 0.252 e. The number of hydrogen-bond donors (Lipinski definition) is 1. The molecule has 4 heteroatoms. The van der Waals surface area contributed by atoms with Crippen LogP contribution < -0.4 is 5.32 Å². The maximum Gasteiger partial charge on any atom is 0.252 e. The third-order valence-corrected chi connectivity index (χ3v) is 3.83. The summed E-state index contributed by atoms with van der Waals surface area (Å²) in [7, 11) is 0. The van der Waals surface area contributed by atoms with Crippen LogP contribution in [-0.2, 0) is 4.74 Å². The molecule has 2 aromatic rings. The average Bonchev–Trinajstić information content (AvgIpc) is 2.62. The SMILES string of the molecule is O=C(N[C@H](c1ccccc1)N1CCOCC1)c1ccccc1. The molecule has 0 unspecified atom stereocenters. The van der Waals surface area contributed by atoms with Gasteiger partial charge >= 0.3 is 0 Å². The molecule has 1 heterocycles. The third-order valence-electron chi connectivity index (χ3n) is 3.83. The monoisotopic (exact) mass is 296 g/mol. The van der Waals surface area contributed by atoms with Crippen LogP contribution in [0.3, 0.4) is 0 Å². The van der Waals surface area contributed by atoms with E-state index in [1.54, 1.807) is 0 Å². The minimum absolute atomic E-state index is 0.0547. The number of benzene rings is 2. The van der Waals surface area contributed by atoms with E-state index >= 15 is 0 Å². The summed E-state index contributed by atoms with van der Waals surface area (Å²) in [4.78, 5) is 14.8. The molecule has 22 heavy (non-hydrogen) atoms. The predicted octanol–water partition coefficient (Wildman–Crippen LogP) is 2.45. The summed E-state index contributed by atoms with van der Waals surface area (Å²) in [6.07, 6.45) is -0.127. The van der Waals surface area contributed by atoms with Crippen LogP contribution in [0.1, 0.15) is 22.1 Å². The van der Waals surface area contributed by atoms with Crippen molar-refractivity contribution < 1.29 is 9.53 Å². The minimum Gasteiger partial charge on any atom is -0.379 e. The van der Waals surface area contributed by atoms with Gasteiger partial charge in [-0.05, 0) is 17.7 Å². The number of morpholine rings is 1. The van der Waals surface area contributed by atoms with Gasteiger partial charge in [0.15, 0.2) is 0 Å². The summed E-state index contributed by atoms with van der Waals surface area (Å²) < 4.78 is 5.42. The molecule has 0 aliphatic carbocycles. The normalized spacial score (nSPS) is 16.9. The molecule has 0 aromatic heterocycles. The van der Waals surface area contributed by atoms with Gasteiger partial charge in [0, 0.05) is 18.7 Å². The number of nitrogens with zero attached hydrogens (tertiary/aromatic N) is 1. The molecular formula is C18H20N2O2. The molecule has 1 amide bonds. The van der Waals surface area contributed by atoms with E-state index in [0.29, 0.717) is 18.8 Å². The molecule has 0 saturated carbocycles. The lowest BCUT2D eigenvalue weighted by atomic mass is 10.1. The highest BCUT2D eigenvalue weighted by molar-refractivity contribution is 5.94. The van der Waals surface area contributed by atoms with Crippen molar-refractivity contribution in [2.45, 2.75) is 6.17 Å². The second-order valence-corrected chi connectivity index (χ2v) is 5.30. The summed E-state index contributed by atoms with van der Waals surface area (Å²) in [5, 5.41) is 3.15. The van der Waals surface area contributed by atoms with E-state index in [1.807, 2.05) is 60.7 Å². The molecule has 1 atom stereocenters. The maximum absolute atomic E-state index is 12.5. The van der Waals surface area contributed by atoms with E-state index in [-0.39, 0.29) is 12.1 Å². The Labute approximate surface area is 130 Å². The van der Waals surface area contributed by atoms with Crippen LogP contribution in [0.2, 0.25) is 0 Å². The third kappa shape index (κ3) is 3.53. The van der Waals surface area contributed by atoms with Crippen molar-refractivity contribution in [1.29, 1.82) is 0 Å². The van der Waals surface area contributed by atoms with E-state index in [9.17, 15) is 4.79 Å². The molecule has 0 radical (unpaired) electrons. The highest BCUT2D eigenvalue weighted by Crippen LogP contribution is 2.19. The highest BCUT2D eigenvalue weighted by Gasteiger charge is 2.24. The summed E-state index contributed by atoms with van der Waals surface area (Å²) >= 11 is 0. The van der Waals surface area contributed by atoms with Crippen LogP contribution >= 0.6 is 0 Å². The number of amides is 1. The molecule has 0 spiro atoms. The first-order valence-corrected chi connectivity index (χ1v) is 7.57. The first-order chi connectivity index (χ1) is 10.8. The van der Waals surface area contributed by atoms with Crippen LogP contribution in [0.25, 0.3) is 0 Å². The molecule has 1 fully saturated rings. The summed E-state index contributed by atoms with van der Waals surface area (Å²) in [5.74, 6) is -0.0547. The zero-order valence-corrected chi connectivity index (χ0v) is 12.4. The second-order valence-electron chi connectivity index (χ2n) is 5.30. The fraction of sp³-hybridized carbons (Fsp3) is 0.278. The lowest BCUT2D eigenvalue weighted by molar-refractivity contribution is 0.00847. The highest BCUT2D eigenvalue weighted by atomic mass is 16.5. The molecule has 1 saturated heterocycles. The number of ether oxygens (including phenoxy) is 1. The molecule has 1 aliphatic heterocycles. The molecule has 4 nitrogen and oxygen atoms in total. The standard InChI is InChI=1S/C18H20N2O2/c21-18(16-9-5-2-6-10-16)19-17(15-7-3-1-4-8-15)20-11-13-22-14-12-20/h1-10,17H,11-14H2,(H,19,21)/t17-/m0/s1. The predicted molar refractivity (Wildman–Crippen MR) is 85.5 cm³/mol. The Morgan fingerprint density at radius 1 is 0.955 bits per heavy atom. The van der Waals surface area contributed by atoms with Crippen molar-refractivity contribution in [3.05, 3.63) is 71.8 Å². The van der Waals surface area contributed by atoms with Crippen LogP contribution in [-0.4, -0.2) is 37.1 Å². The fourth-order valence-electron chi connectivity index (χ4n) is 2.65. The number of carbonyl (C=O) groups is 1. The van der Waals surface area contributed by atoms with Gasteiger partial charge in [-0.3, -0.25) is 9.69 Å². The van der Waals surface area contributed by atoms with Gasteiger partial charge in [0.25, 0.3) is 5.91 Å². The van der Waals surface area contributed by atoms with E-state index in [2.05, 4.69) is 10.2 Å². The molecule has 1 aliphatic rings. The zero-order chi connectivity index (χ0) is 15.2. The van der Waals surface area contributed by atoms with Crippen molar-refractivity contribution in [1.82, 2.24) is 10.2 Å². The van der Waals surface area contributed by atoms with E-state index in [4.69, 9.17) is 4.74 Å². The Morgan fingerprint density at radius 3 is 2.18 bits per heavy atom. The van der Waals surface area contributed by atoms with Gasteiger partial charge in [0.2, 0.25) is 0 Å². The summed E-state index contributed by atoms with van der Waals surface area (Å²) in [6, 6.07) is 19.4. The molecular weight excluding hydrogens is 276 g/mol. The van der Waals surface area contributed by atoms with E-state index in [0.717, 1.165) is 18.7 Å². The van der Waals surface area contributed by atoms with Gasteiger partial charge in [0.1, 0.15) is 6.17 Å². The maximum atomic E-state index is 12.5.